The summed E-state index contributed by atoms with van der Waals surface area (Å²) in [5.41, 5.74) is 0.806. The summed E-state index contributed by atoms with van der Waals surface area (Å²) in [6, 6.07) is 12.9. The lowest BCUT2D eigenvalue weighted by Gasteiger charge is -2.29. The van der Waals surface area contributed by atoms with E-state index in [2.05, 4.69) is 10.3 Å². The molecule has 2 aromatic rings. The number of benzene rings is 2. The monoisotopic (exact) mass is 412 g/mol. The number of anilines is 1. The highest BCUT2D eigenvalue weighted by atomic mass is 32.2. The zero-order valence-electron chi connectivity index (χ0n) is 15.7. The quantitative estimate of drug-likeness (QED) is 0.799. The molecule has 0 aliphatic carbocycles. The molecule has 0 unspecified atom stereocenters. The van der Waals surface area contributed by atoms with Crippen LogP contribution in [-0.4, -0.2) is 47.3 Å². The van der Waals surface area contributed by atoms with Crippen molar-refractivity contribution in [2.45, 2.75) is 11.7 Å². The van der Waals surface area contributed by atoms with Gasteiger partial charge < -0.3 is 20.0 Å². The van der Waals surface area contributed by atoms with E-state index in [-0.39, 0.29) is 17.9 Å². The third kappa shape index (κ3) is 4.75. The first-order valence-corrected chi connectivity index (χ1v) is 9.54. The van der Waals surface area contributed by atoms with E-state index < -0.39 is 17.1 Å². The number of amidine groups is 1. The molecule has 150 valence electrons. The fourth-order valence-corrected chi connectivity index (χ4v) is 3.73. The molecule has 0 spiro atoms. The number of para-hydroxylation sites is 2. The SMILES string of the molecule is COc1ccccc1N=C1S[C@@H](C(=O)Nc2cccc(C(=O)[O-])c2)CC(=O)N1C. The summed E-state index contributed by atoms with van der Waals surface area (Å²) in [5.74, 6) is -1.45. The Kier molecular flexibility index (Phi) is 6.18. The Morgan fingerprint density at radius 3 is 2.72 bits per heavy atom. The topological polar surface area (TPSA) is 111 Å². The number of carbonyl (C=O) groups excluding carboxylic acids is 3. The molecular formula is C20H18N3O5S-. The highest BCUT2D eigenvalue weighted by molar-refractivity contribution is 8.15. The number of carboxylic acid groups (broad SMARTS) is 1. The molecule has 0 bridgehead atoms. The predicted octanol–water partition coefficient (Wildman–Crippen LogP) is 1.65. The number of hydrogen-bond donors (Lipinski definition) is 1. The van der Waals surface area contributed by atoms with Crippen LogP contribution in [0.2, 0.25) is 0 Å². The van der Waals surface area contributed by atoms with Crippen LogP contribution in [0, 0.1) is 0 Å². The first-order valence-electron chi connectivity index (χ1n) is 8.66. The van der Waals surface area contributed by atoms with Gasteiger partial charge in [0.25, 0.3) is 0 Å². The molecule has 29 heavy (non-hydrogen) atoms. The van der Waals surface area contributed by atoms with Gasteiger partial charge in [-0.05, 0) is 29.8 Å². The Morgan fingerprint density at radius 2 is 2.00 bits per heavy atom. The zero-order chi connectivity index (χ0) is 21.0. The molecule has 0 saturated carbocycles. The first-order chi connectivity index (χ1) is 13.9. The number of nitrogens with zero attached hydrogens (tertiary/aromatic N) is 2. The number of carboxylic acids is 1. The minimum Gasteiger partial charge on any atom is -0.545 e. The normalized spacial score (nSPS) is 17.9. The number of amides is 2. The minimum absolute atomic E-state index is 0.00186. The van der Waals surface area contributed by atoms with Gasteiger partial charge in [-0.15, -0.1) is 0 Å². The number of aliphatic imine (C=N–C) groups is 1. The average Bonchev–Trinajstić information content (AvgIpc) is 2.71. The number of aromatic carboxylic acids is 1. The molecule has 1 saturated heterocycles. The van der Waals surface area contributed by atoms with E-state index in [0.717, 1.165) is 11.8 Å². The molecule has 3 rings (SSSR count). The molecule has 1 fully saturated rings. The van der Waals surface area contributed by atoms with Crippen LogP contribution < -0.4 is 15.2 Å². The van der Waals surface area contributed by atoms with Gasteiger partial charge in [0.15, 0.2) is 5.17 Å². The Labute approximate surface area is 171 Å². The number of nitrogens with one attached hydrogen (secondary N) is 1. The van der Waals surface area contributed by atoms with Crippen molar-refractivity contribution in [1.82, 2.24) is 4.90 Å². The fraction of sp³-hybridized carbons (Fsp3) is 0.200. The Morgan fingerprint density at radius 1 is 1.24 bits per heavy atom. The van der Waals surface area contributed by atoms with Crippen LogP contribution in [0.3, 0.4) is 0 Å². The Hall–Kier alpha value is -3.33. The lowest BCUT2D eigenvalue weighted by atomic mass is 10.2. The van der Waals surface area contributed by atoms with E-state index in [1.54, 1.807) is 31.3 Å². The summed E-state index contributed by atoms with van der Waals surface area (Å²) in [6.07, 6.45) is -0.00186. The van der Waals surface area contributed by atoms with E-state index in [1.165, 1.54) is 30.2 Å². The van der Waals surface area contributed by atoms with Gasteiger partial charge in [0, 0.05) is 19.2 Å². The van der Waals surface area contributed by atoms with Crippen LogP contribution in [0.25, 0.3) is 0 Å². The smallest absolute Gasteiger partial charge is 0.238 e. The van der Waals surface area contributed by atoms with Crippen LogP contribution >= 0.6 is 11.8 Å². The van der Waals surface area contributed by atoms with E-state index in [0.29, 0.717) is 22.3 Å². The van der Waals surface area contributed by atoms with Gasteiger partial charge in [0.05, 0.1) is 13.1 Å². The molecular weight excluding hydrogens is 394 g/mol. The third-order valence-corrected chi connectivity index (χ3v) is 5.47. The Balaban J connectivity index is 1.81. The van der Waals surface area contributed by atoms with Crippen molar-refractivity contribution in [3.05, 3.63) is 54.1 Å². The van der Waals surface area contributed by atoms with Crippen LogP contribution in [0.5, 0.6) is 5.75 Å². The molecule has 9 heteroatoms. The standard InChI is InChI=1S/C20H19N3O5S/c1-23-17(24)11-16(18(25)21-13-7-5-6-12(10-13)19(26)27)29-20(23)22-14-8-3-4-9-15(14)28-2/h3-10,16H,11H2,1-2H3,(H,21,25)(H,26,27)/p-1/t16-/m1/s1. The average molecular weight is 412 g/mol. The maximum absolute atomic E-state index is 12.7. The van der Waals surface area contributed by atoms with Gasteiger partial charge in [0.1, 0.15) is 16.7 Å². The largest absolute Gasteiger partial charge is 0.545 e. The van der Waals surface area contributed by atoms with E-state index in [1.807, 2.05) is 6.07 Å². The highest BCUT2D eigenvalue weighted by Gasteiger charge is 2.34. The number of carbonyl (C=O) groups is 3. The molecule has 0 aromatic heterocycles. The maximum Gasteiger partial charge on any atom is 0.238 e. The molecule has 2 amide bonds. The van der Waals surface area contributed by atoms with Crippen molar-refractivity contribution in [3.63, 3.8) is 0 Å². The fourth-order valence-electron chi connectivity index (χ4n) is 2.67. The van der Waals surface area contributed by atoms with Crippen molar-refractivity contribution >= 4 is 46.1 Å². The second-order valence-corrected chi connectivity index (χ2v) is 7.36. The molecule has 1 heterocycles. The minimum atomic E-state index is -1.34. The van der Waals surface area contributed by atoms with E-state index >= 15 is 0 Å². The molecule has 8 nitrogen and oxygen atoms in total. The predicted molar refractivity (Wildman–Crippen MR) is 108 cm³/mol. The molecule has 1 aliphatic heterocycles. The zero-order valence-corrected chi connectivity index (χ0v) is 16.6. The lowest BCUT2D eigenvalue weighted by molar-refractivity contribution is -0.255. The van der Waals surface area contributed by atoms with Crippen molar-refractivity contribution in [2.75, 3.05) is 19.5 Å². The number of ether oxygens (including phenoxy) is 1. The summed E-state index contributed by atoms with van der Waals surface area (Å²) in [6.45, 7) is 0. The van der Waals surface area contributed by atoms with E-state index in [4.69, 9.17) is 4.74 Å². The van der Waals surface area contributed by atoms with Crippen LogP contribution in [0.15, 0.2) is 53.5 Å². The summed E-state index contributed by atoms with van der Waals surface area (Å²) in [4.78, 5) is 41.9. The molecule has 2 aromatic carbocycles. The van der Waals surface area contributed by atoms with Gasteiger partial charge >= 0.3 is 0 Å². The first kappa shape index (κ1) is 20.4. The number of thioether (sulfide) groups is 1. The van der Waals surface area contributed by atoms with Gasteiger partial charge in [-0.3, -0.25) is 14.5 Å². The second-order valence-electron chi connectivity index (χ2n) is 6.19. The van der Waals surface area contributed by atoms with Crippen LogP contribution in [0.1, 0.15) is 16.8 Å². The molecule has 1 N–H and O–H groups in total. The van der Waals surface area contributed by atoms with Crippen LogP contribution in [-0.2, 0) is 9.59 Å². The summed E-state index contributed by atoms with van der Waals surface area (Å²) >= 11 is 1.15. The molecule has 1 atom stereocenters. The number of methoxy groups -OCH3 is 1. The van der Waals surface area contributed by atoms with Gasteiger partial charge in [0.2, 0.25) is 11.8 Å². The molecule has 1 aliphatic rings. The van der Waals surface area contributed by atoms with Crippen molar-refractivity contribution in [1.29, 1.82) is 0 Å². The Bertz CT molecular complexity index is 992. The van der Waals surface area contributed by atoms with Crippen molar-refractivity contribution in [2.24, 2.45) is 4.99 Å². The highest BCUT2D eigenvalue weighted by Crippen LogP contribution is 2.32. The lowest BCUT2D eigenvalue weighted by Crippen LogP contribution is -2.43. The van der Waals surface area contributed by atoms with Gasteiger partial charge in [-0.25, -0.2) is 4.99 Å². The van der Waals surface area contributed by atoms with Gasteiger partial charge in [-0.1, -0.05) is 36.0 Å². The number of hydrogen-bond acceptors (Lipinski definition) is 7. The summed E-state index contributed by atoms with van der Waals surface area (Å²) < 4.78 is 5.28. The maximum atomic E-state index is 12.7. The van der Waals surface area contributed by atoms with Crippen molar-refractivity contribution in [3.8, 4) is 5.75 Å². The summed E-state index contributed by atoms with van der Waals surface area (Å²) in [5, 5.41) is 13.3. The second kappa shape index (κ2) is 8.78. The van der Waals surface area contributed by atoms with E-state index in [9.17, 15) is 19.5 Å². The third-order valence-electron chi connectivity index (χ3n) is 4.23. The van der Waals surface area contributed by atoms with Crippen molar-refractivity contribution < 1.29 is 24.2 Å². The van der Waals surface area contributed by atoms with Crippen LogP contribution in [0.4, 0.5) is 11.4 Å². The summed E-state index contributed by atoms with van der Waals surface area (Å²) in [7, 11) is 3.12. The number of rotatable bonds is 5. The molecule has 0 radical (unpaired) electrons. The van der Waals surface area contributed by atoms with Gasteiger partial charge in [-0.2, -0.15) is 0 Å².